The van der Waals surface area contributed by atoms with Crippen LogP contribution in [-0.2, 0) is 17.9 Å². The zero-order chi connectivity index (χ0) is 15.1. The van der Waals surface area contributed by atoms with Gasteiger partial charge in [0.1, 0.15) is 18.7 Å². The molecule has 0 spiro atoms. The lowest BCUT2D eigenvalue weighted by Crippen LogP contribution is -2.27. The molecule has 0 radical (unpaired) electrons. The number of aromatic nitrogens is 4. The monoisotopic (exact) mass is 288 g/mol. The highest BCUT2D eigenvalue weighted by Crippen LogP contribution is 2.09. The summed E-state index contributed by atoms with van der Waals surface area (Å²) >= 11 is 0. The fourth-order valence-corrected chi connectivity index (χ4v) is 1.59. The van der Waals surface area contributed by atoms with Gasteiger partial charge in [0, 0.05) is 17.7 Å². The topological polar surface area (TPSA) is 98.7 Å². The van der Waals surface area contributed by atoms with E-state index in [2.05, 4.69) is 32.7 Å². The Balaban J connectivity index is 1.97. The number of tetrazole rings is 1. The zero-order valence-corrected chi connectivity index (χ0v) is 11.1. The summed E-state index contributed by atoms with van der Waals surface area (Å²) in [5, 5.41) is 13.0. The molecule has 0 fully saturated rings. The van der Waals surface area contributed by atoms with Crippen LogP contribution in [0, 0.1) is 17.7 Å². The third-order valence-corrected chi connectivity index (χ3v) is 2.55. The van der Waals surface area contributed by atoms with Gasteiger partial charge in [-0.2, -0.15) is 0 Å². The maximum atomic E-state index is 13.7. The van der Waals surface area contributed by atoms with Crippen LogP contribution in [0.15, 0.2) is 24.5 Å². The number of hydrogen-bond acceptors (Lipinski definition) is 5. The molecule has 1 aromatic carbocycles. The molecule has 2 rings (SSSR count). The molecule has 7 nitrogen and oxygen atoms in total. The third-order valence-electron chi connectivity index (χ3n) is 2.55. The lowest BCUT2D eigenvalue weighted by Gasteiger charge is -2.06. The van der Waals surface area contributed by atoms with Crippen LogP contribution in [0.4, 0.5) is 4.39 Å². The first-order valence-electron chi connectivity index (χ1n) is 6.14. The molecule has 0 aliphatic rings. The van der Waals surface area contributed by atoms with Crippen molar-refractivity contribution in [2.75, 3.05) is 6.54 Å². The molecule has 1 amide bonds. The summed E-state index contributed by atoms with van der Waals surface area (Å²) in [6.45, 7) is 0.265. The number of nitrogens with zero attached hydrogens (tertiary/aromatic N) is 4. The molecule has 0 atom stereocenters. The van der Waals surface area contributed by atoms with E-state index in [4.69, 9.17) is 5.73 Å². The molecule has 1 aromatic heterocycles. The van der Waals surface area contributed by atoms with E-state index in [1.807, 2.05) is 0 Å². The van der Waals surface area contributed by atoms with Gasteiger partial charge in [0.25, 0.3) is 0 Å². The average molecular weight is 288 g/mol. The van der Waals surface area contributed by atoms with Crippen LogP contribution in [0.5, 0.6) is 0 Å². The number of rotatable bonds is 4. The van der Waals surface area contributed by atoms with E-state index in [0.717, 1.165) is 0 Å². The molecule has 3 N–H and O–H groups in total. The second-order valence-corrected chi connectivity index (χ2v) is 4.10. The Morgan fingerprint density at radius 2 is 2.33 bits per heavy atom. The Morgan fingerprint density at radius 3 is 3.05 bits per heavy atom. The van der Waals surface area contributed by atoms with E-state index < -0.39 is 5.82 Å². The number of nitrogens with two attached hydrogens (primary N) is 1. The van der Waals surface area contributed by atoms with Gasteiger partial charge in [-0.05, 0) is 28.6 Å². The highest BCUT2D eigenvalue weighted by atomic mass is 19.1. The number of halogens is 1. The smallest absolute Gasteiger partial charge is 0.242 e. The number of benzene rings is 1. The maximum Gasteiger partial charge on any atom is 0.242 e. The zero-order valence-electron chi connectivity index (χ0n) is 11.1. The molecular formula is C13H13FN6O. The Morgan fingerprint density at radius 1 is 1.48 bits per heavy atom. The van der Waals surface area contributed by atoms with Crippen molar-refractivity contribution in [1.82, 2.24) is 25.5 Å². The van der Waals surface area contributed by atoms with E-state index in [-0.39, 0.29) is 25.5 Å². The molecular weight excluding hydrogens is 275 g/mol. The molecule has 0 unspecified atom stereocenters. The highest BCUT2D eigenvalue weighted by molar-refractivity contribution is 5.75. The van der Waals surface area contributed by atoms with Crippen LogP contribution in [0.3, 0.4) is 0 Å². The molecule has 1 heterocycles. The molecule has 0 aliphatic heterocycles. The SMILES string of the molecule is NCC#Cc1ccc(F)c(CNC(=O)Cn2cnnn2)c1. The van der Waals surface area contributed by atoms with Gasteiger partial charge in [-0.25, -0.2) is 9.07 Å². The highest BCUT2D eigenvalue weighted by Gasteiger charge is 2.07. The Bertz CT molecular complexity index is 674. The van der Waals surface area contributed by atoms with Crippen molar-refractivity contribution in [3.8, 4) is 11.8 Å². The van der Waals surface area contributed by atoms with Gasteiger partial charge >= 0.3 is 0 Å². The summed E-state index contributed by atoms with van der Waals surface area (Å²) < 4.78 is 14.9. The summed E-state index contributed by atoms with van der Waals surface area (Å²) in [6.07, 6.45) is 1.32. The molecule has 21 heavy (non-hydrogen) atoms. The molecule has 0 saturated carbocycles. The minimum Gasteiger partial charge on any atom is -0.350 e. The van der Waals surface area contributed by atoms with Gasteiger partial charge in [0.15, 0.2) is 0 Å². The lowest BCUT2D eigenvalue weighted by molar-refractivity contribution is -0.122. The quantitative estimate of drug-likeness (QED) is 0.735. The number of amides is 1. The number of carbonyl (C=O) groups excluding carboxylic acids is 1. The molecule has 108 valence electrons. The van der Waals surface area contributed by atoms with E-state index >= 15 is 0 Å². The molecule has 0 bridgehead atoms. The maximum absolute atomic E-state index is 13.7. The van der Waals surface area contributed by atoms with Crippen molar-refractivity contribution in [2.45, 2.75) is 13.1 Å². The standard InChI is InChI=1S/C13H13FN6O/c14-12-4-3-10(2-1-5-15)6-11(12)7-16-13(21)8-20-9-17-18-19-20/h3-4,6,9H,5,7-8,15H2,(H,16,21). The summed E-state index contributed by atoms with van der Waals surface area (Å²) in [4.78, 5) is 11.7. The first-order chi connectivity index (χ1) is 10.2. The predicted molar refractivity (Wildman–Crippen MR) is 72.0 cm³/mol. The number of carbonyl (C=O) groups is 1. The van der Waals surface area contributed by atoms with Crippen LogP contribution in [0.1, 0.15) is 11.1 Å². The first-order valence-corrected chi connectivity index (χ1v) is 6.14. The van der Waals surface area contributed by atoms with Gasteiger partial charge in [-0.1, -0.05) is 11.8 Å². The fraction of sp³-hybridized carbons (Fsp3) is 0.231. The van der Waals surface area contributed by atoms with Crippen molar-refractivity contribution in [3.05, 3.63) is 41.5 Å². The lowest BCUT2D eigenvalue weighted by atomic mass is 10.1. The molecule has 0 saturated heterocycles. The van der Waals surface area contributed by atoms with Crippen molar-refractivity contribution in [3.63, 3.8) is 0 Å². The Hall–Kier alpha value is -2.79. The minimum absolute atomic E-state index is 0.0265. The van der Waals surface area contributed by atoms with Gasteiger partial charge < -0.3 is 11.1 Å². The van der Waals surface area contributed by atoms with Crippen molar-refractivity contribution in [1.29, 1.82) is 0 Å². The largest absolute Gasteiger partial charge is 0.350 e. The normalized spacial score (nSPS) is 9.81. The van der Waals surface area contributed by atoms with E-state index in [0.29, 0.717) is 11.1 Å². The van der Waals surface area contributed by atoms with Gasteiger partial charge in [0.2, 0.25) is 5.91 Å². The van der Waals surface area contributed by atoms with E-state index in [9.17, 15) is 9.18 Å². The van der Waals surface area contributed by atoms with Crippen molar-refractivity contribution < 1.29 is 9.18 Å². The fourth-order valence-electron chi connectivity index (χ4n) is 1.59. The van der Waals surface area contributed by atoms with E-state index in [1.54, 1.807) is 12.1 Å². The van der Waals surface area contributed by atoms with Crippen molar-refractivity contribution >= 4 is 5.91 Å². The van der Waals surface area contributed by atoms with Crippen LogP contribution in [-0.4, -0.2) is 32.7 Å². The predicted octanol–water partition coefficient (Wildman–Crippen LogP) is -0.561. The first kappa shape index (κ1) is 14.6. The average Bonchev–Trinajstić information content (AvgIpc) is 2.98. The van der Waals surface area contributed by atoms with Gasteiger partial charge in [-0.3, -0.25) is 4.79 Å². The van der Waals surface area contributed by atoms with Crippen LogP contribution >= 0.6 is 0 Å². The Kier molecular flexibility index (Phi) is 4.95. The molecule has 0 aliphatic carbocycles. The van der Waals surface area contributed by atoms with Crippen LogP contribution in [0.2, 0.25) is 0 Å². The summed E-state index contributed by atoms with van der Waals surface area (Å²) in [5.74, 6) is 4.77. The van der Waals surface area contributed by atoms with Crippen LogP contribution in [0.25, 0.3) is 0 Å². The summed E-state index contributed by atoms with van der Waals surface area (Å²) in [7, 11) is 0. The number of hydrogen-bond donors (Lipinski definition) is 2. The van der Waals surface area contributed by atoms with Crippen molar-refractivity contribution in [2.24, 2.45) is 5.73 Å². The summed E-state index contributed by atoms with van der Waals surface area (Å²) in [6, 6.07) is 4.45. The number of nitrogens with one attached hydrogen (secondary N) is 1. The third kappa shape index (κ3) is 4.36. The second-order valence-electron chi connectivity index (χ2n) is 4.10. The molecule has 2 aromatic rings. The second kappa shape index (κ2) is 7.12. The van der Waals surface area contributed by atoms with Crippen LogP contribution < -0.4 is 11.1 Å². The van der Waals surface area contributed by atoms with Gasteiger partial charge in [0.05, 0.1) is 6.54 Å². The van der Waals surface area contributed by atoms with Gasteiger partial charge in [-0.15, -0.1) is 5.10 Å². The minimum atomic E-state index is -0.406. The molecule has 8 heteroatoms. The van der Waals surface area contributed by atoms with E-state index in [1.165, 1.54) is 17.1 Å². The summed E-state index contributed by atoms with van der Waals surface area (Å²) in [5.41, 5.74) is 6.28. The Labute approximate surface area is 120 Å².